The number of amides is 1. The lowest BCUT2D eigenvalue weighted by atomic mass is 10.2. The molecule has 0 aliphatic carbocycles. The highest BCUT2D eigenvalue weighted by Gasteiger charge is 2.25. The average molecular weight is 470 g/mol. The van der Waals surface area contributed by atoms with Gasteiger partial charge >= 0.3 is 0 Å². The highest BCUT2D eigenvalue weighted by molar-refractivity contribution is 7.99. The topological polar surface area (TPSA) is 88.0 Å². The molecule has 1 aromatic heterocycles. The van der Waals surface area contributed by atoms with Crippen molar-refractivity contribution >= 4 is 35.0 Å². The first-order valence-corrected chi connectivity index (χ1v) is 11.7. The van der Waals surface area contributed by atoms with Gasteiger partial charge in [-0.05, 0) is 23.8 Å². The summed E-state index contributed by atoms with van der Waals surface area (Å²) in [6, 6.07) is 17.2. The molecule has 1 amide bonds. The number of anilines is 1. The summed E-state index contributed by atoms with van der Waals surface area (Å²) in [5.41, 5.74) is 1.90. The van der Waals surface area contributed by atoms with Gasteiger partial charge in [-0.15, -0.1) is 10.2 Å². The third-order valence-corrected chi connectivity index (χ3v) is 6.26. The second-order valence-corrected chi connectivity index (χ2v) is 8.97. The maximum absolute atomic E-state index is 12.6. The molecule has 7 nitrogen and oxygen atoms in total. The summed E-state index contributed by atoms with van der Waals surface area (Å²) in [6.07, 6.45) is 0.923. The Kier molecular flexibility index (Phi) is 8.28. The smallest absolute Gasteiger partial charge is 0.234 e. The zero-order valence-electron chi connectivity index (χ0n) is 18.3. The Balaban J connectivity index is 1.80. The molecule has 0 saturated carbocycles. The van der Waals surface area contributed by atoms with Gasteiger partial charge in [-0.3, -0.25) is 9.36 Å². The van der Waals surface area contributed by atoms with Gasteiger partial charge in [0.2, 0.25) is 5.91 Å². The molecule has 1 atom stereocenters. The van der Waals surface area contributed by atoms with E-state index in [1.807, 2.05) is 18.2 Å². The number of carbonyl (C=O) groups is 1. The van der Waals surface area contributed by atoms with Crippen LogP contribution >= 0.6 is 23.4 Å². The number of thioether (sulfide) groups is 1. The van der Waals surface area contributed by atoms with E-state index in [4.69, 9.17) is 11.6 Å². The van der Waals surface area contributed by atoms with E-state index < -0.39 is 0 Å². The molecule has 2 N–H and O–H groups in total. The van der Waals surface area contributed by atoms with Crippen LogP contribution in [0.3, 0.4) is 0 Å². The molecular formula is C23H26ClN6OS+. The molecule has 2 aromatic carbocycles. The standard InChI is InChI=1S/C23H25ClN6OS/c1-4-20(29(2)3)22-27-28-23(30(22)14-16-8-6-5-7-9-16)32-15-21(31)26-19-12-18(24)11-10-17(19)13-25/h5-12,20H,4,14-15H2,1-3H3,(H,26,31)/p+1/t20-/m1/s1. The zero-order valence-corrected chi connectivity index (χ0v) is 19.9. The fourth-order valence-electron chi connectivity index (χ4n) is 3.46. The normalized spacial score (nSPS) is 11.9. The van der Waals surface area contributed by atoms with Gasteiger partial charge in [0, 0.05) is 11.4 Å². The van der Waals surface area contributed by atoms with Gasteiger partial charge in [0.15, 0.2) is 11.0 Å². The molecule has 0 bridgehead atoms. The molecule has 9 heteroatoms. The Morgan fingerprint density at radius 2 is 2.00 bits per heavy atom. The minimum Gasteiger partial charge on any atom is -0.331 e. The Bertz CT molecular complexity index is 1110. The van der Waals surface area contributed by atoms with Gasteiger partial charge in [-0.1, -0.05) is 60.6 Å². The lowest BCUT2D eigenvalue weighted by Crippen LogP contribution is -3.06. The summed E-state index contributed by atoms with van der Waals surface area (Å²) in [6.45, 7) is 2.76. The molecule has 32 heavy (non-hydrogen) atoms. The van der Waals surface area contributed by atoms with Crippen molar-refractivity contribution in [2.24, 2.45) is 0 Å². The largest absolute Gasteiger partial charge is 0.331 e. The molecule has 0 unspecified atom stereocenters. The number of benzene rings is 2. The fraction of sp³-hybridized carbons (Fsp3) is 0.304. The lowest BCUT2D eigenvalue weighted by Gasteiger charge is -2.20. The second-order valence-electron chi connectivity index (χ2n) is 7.59. The van der Waals surface area contributed by atoms with Gasteiger partial charge in [0.25, 0.3) is 0 Å². The van der Waals surface area contributed by atoms with Crippen molar-refractivity contribution in [3.05, 3.63) is 70.5 Å². The quantitative estimate of drug-likeness (QED) is 0.470. The average Bonchev–Trinajstić information content (AvgIpc) is 3.15. The first kappa shape index (κ1) is 23.8. The summed E-state index contributed by atoms with van der Waals surface area (Å²) >= 11 is 7.33. The van der Waals surface area contributed by atoms with Crippen LogP contribution in [0.25, 0.3) is 0 Å². The van der Waals surface area contributed by atoms with Gasteiger partial charge in [-0.2, -0.15) is 5.26 Å². The number of hydrogen-bond acceptors (Lipinski definition) is 5. The molecule has 0 spiro atoms. The number of carbonyl (C=O) groups excluding carboxylic acids is 1. The minimum absolute atomic E-state index is 0.135. The van der Waals surface area contributed by atoms with Crippen LogP contribution in [0.1, 0.15) is 36.3 Å². The predicted molar refractivity (Wildman–Crippen MR) is 127 cm³/mol. The number of aromatic nitrogens is 3. The summed E-state index contributed by atoms with van der Waals surface area (Å²) in [5.74, 6) is 0.798. The third-order valence-electron chi connectivity index (χ3n) is 5.05. The van der Waals surface area contributed by atoms with Gasteiger partial charge in [0.05, 0.1) is 37.6 Å². The van der Waals surface area contributed by atoms with Crippen LogP contribution in [0.2, 0.25) is 5.02 Å². The Labute approximate surface area is 197 Å². The molecule has 3 rings (SSSR count). The molecule has 0 radical (unpaired) electrons. The molecule has 0 aliphatic rings. The van der Waals surface area contributed by atoms with Crippen LogP contribution in [0.5, 0.6) is 0 Å². The maximum Gasteiger partial charge on any atom is 0.234 e. The minimum atomic E-state index is -0.241. The number of rotatable bonds is 9. The molecular weight excluding hydrogens is 444 g/mol. The molecule has 3 aromatic rings. The van der Waals surface area contributed by atoms with Crippen LogP contribution < -0.4 is 10.2 Å². The van der Waals surface area contributed by atoms with Crippen molar-refractivity contribution in [1.29, 1.82) is 5.26 Å². The number of halogens is 1. The van der Waals surface area contributed by atoms with Crippen LogP contribution in [0.15, 0.2) is 53.7 Å². The molecule has 0 fully saturated rings. The molecule has 0 saturated heterocycles. The van der Waals surface area contributed by atoms with Crippen molar-refractivity contribution in [2.75, 3.05) is 25.2 Å². The van der Waals surface area contributed by atoms with E-state index >= 15 is 0 Å². The first-order valence-electron chi connectivity index (χ1n) is 10.3. The van der Waals surface area contributed by atoms with Crippen molar-refractivity contribution in [3.63, 3.8) is 0 Å². The van der Waals surface area contributed by atoms with E-state index in [0.29, 0.717) is 28.0 Å². The first-order chi connectivity index (χ1) is 15.4. The highest BCUT2D eigenvalue weighted by Crippen LogP contribution is 2.24. The van der Waals surface area contributed by atoms with Crippen LogP contribution in [0.4, 0.5) is 5.69 Å². The zero-order chi connectivity index (χ0) is 23.1. The second kappa shape index (κ2) is 11.1. The molecule has 166 valence electrons. The summed E-state index contributed by atoms with van der Waals surface area (Å²) < 4.78 is 2.09. The lowest BCUT2D eigenvalue weighted by molar-refractivity contribution is -0.893. The van der Waals surface area contributed by atoms with E-state index in [2.05, 4.69) is 59.3 Å². The maximum atomic E-state index is 12.6. The number of nitrogens with zero attached hydrogens (tertiary/aromatic N) is 4. The Hall–Kier alpha value is -2.86. The highest BCUT2D eigenvalue weighted by atomic mass is 35.5. The molecule has 1 heterocycles. The van der Waals surface area contributed by atoms with Crippen molar-refractivity contribution in [3.8, 4) is 6.07 Å². The van der Waals surface area contributed by atoms with Crippen LogP contribution in [0, 0.1) is 11.3 Å². The monoisotopic (exact) mass is 469 g/mol. The van der Waals surface area contributed by atoms with E-state index in [0.717, 1.165) is 17.8 Å². The van der Waals surface area contributed by atoms with Crippen molar-refractivity contribution < 1.29 is 9.69 Å². The SMILES string of the molecule is CC[C@H](c1nnc(SCC(=O)Nc2cc(Cl)ccc2C#N)n1Cc1ccccc1)[NH+](C)C. The number of hydrogen-bond donors (Lipinski definition) is 2. The summed E-state index contributed by atoms with van der Waals surface area (Å²) in [7, 11) is 4.21. The van der Waals surface area contributed by atoms with Crippen LogP contribution in [-0.2, 0) is 11.3 Å². The fourth-order valence-corrected chi connectivity index (χ4v) is 4.38. The number of nitrogens with one attached hydrogen (secondary N) is 2. The van der Waals surface area contributed by atoms with E-state index in [1.165, 1.54) is 16.7 Å². The summed E-state index contributed by atoms with van der Waals surface area (Å²) in [5, 5.41) is 22.1. The van der Waals surface area contributed by atoms with E-state index in [-0.39, 0.29) is 17.7 Å². The van der Waals surface area contributed by atoms with Crippen LogP contribution in [-0.4, -0.2) is 40.5 Å². The molecule has 0 aliphatic heterocycles. The Morgan fingerprint density at radius 1 is 1.25 bits per heavy atom. The Morgan fingerprint density at radius 3 is 2.66 bits per heavy atom. The van der Waals surface area contributed by atoms with Gasteiger partial charge in [0.1, 0.15) is 12.1 Å². The summed E-state index contributed by atoms with van der Waals surface area (Å²) in [4.78, 5) is 13.9. The number of nitriles is 1. The number of quaternary nitrogens is 1. The predicted octanol–water partition coefficient (Wildman–Crippen LogP) is 3.18. The van der Waals surface area contributed by atoms with E-state index in [9.17, 15) is 10.1 Å². The van der Waals surface area contributed by atoms with E-state index in [1.54, 1.807) is 18.2 Å². The van der Waals surface area contributed by atoms with Crippen molar-refractivity contribution in [2.45, 2.75) is 31.1 Å². The van der Waals surface area contributed by atoms with Gasteiger partial charge < -0.3 is 10.2 Å². The van der Waals surface area contributed by atoms with Gasteiger partial charge in [-0.25, -0.2) is 0 Å². The third kappa shape index (κ3) is 5.88. The van der Waals surface area contributed by atoms with Crippen molar-refractivity contribution in [1.82, 2.24) is 14.8 Å².